The number of nitrogens with zero attached hydrogens (tertiary/aromatic N) is 3. The molecule has 2 heterocycles. The van der Waals surface area contributed by atoms with Crippen molar-refractivity contribution >= 4 is 29.4 Å². The van der Waals surface area contributed by atoms with Crippen molar-refractivity contribution in [2.45, 2.75) is 90.3 Å². The van der Waals surface area contributed by atoms with Crippen LogP contribution in [-0.2, 0) is 35.5 Å². The molecule has 0 aliphatic heterocycles. The van der Waals surface area contributed by atoms with Crippen molar-refractivity contribution in [1.82, 2.24) is 30.8 Å². The lowest BCUT2D eigenvalue weighted by molar-refractivity contribution is -0.124. The van der Waals surface area contributed by atoms with E-state index in [0.717, 1.165) is 16.0 Å². The lowest BCUT2D eigenvalue weighted by atomic mass is 9.93. The fraction of sp³-hybridized carbons (Fsp3) is 0.432. The number of alkyl carbamates (subject to hydrolysis) is 1. The lowest BCUT2D eigenvalue weighted by Gasteiger charge is -2.30. The van der Waals surface area contributed by atoms with Gasteiger partial charge in [0.15, 0.2) is 5.89 Å². The number of hydrogen-bond donors (Lipinski definition) is 4. The highest BCUT2D eigenvalue weighted by Gasteiger charge is 2.31. The summed E-state index contributed by atoms with van der Waals surface area (Å²) in [6.07, 6.45) is 2.32. The predicted molar refractivity (Wildman–Crippen MR) is 191 cm³/mol. The van der Waals surface area contributed by atoms with E-state index in [-0.39, 0.29) is 37.3 Å². The summed E-state index contributed by atoms with van der Waals surface area (Å²) < 4.78 is 10.9. The van der Waals surface area contributed by atoms with Crippen LogP contribution in [0.15, 0.2) is 83.1 Å². The average Bonchev–Trinajstić information content (AvgIpc) is 3.79. The van der Waals surface area contributed by atoms with Crippen LogP contribution in [0.4, 0.5) is 9.59 Å². The summed E-state index contributed by atoms with van der Waals surface area (Å²) in [4.78, 5) is 50.7. The molecule has 4 amide bonds. The number of oxazole rings is 1. The molecule has 0 radical (unpaired) electrons. The van der Waals surface area contributed by atoms with Gasteiger partial charge in [-0.25, -0.2) is 14.6 Å². The highest BCUT2D eigenvalue weighted by atomic mass is 32.1. The van der Waals surface area contributed by atoms with Gasteiger partial charge >= 0.3 is 12.1 Å². The van der Waals surface area contributed by atoms with Crippen molar-refractivity contribution in [1.29, 1.82) is 0 Å². The Morgan fingerprint density at radius 3 is 2.18 bits per heavy atom. The van der Waals surface area contributed by atoms with E-state index in [1.54, 1.807) is 18.8 Å². The second-order valence-corrected chi connectivity index (χ2v) is 14.0. The number of benzene rings is 2. The molecule has 2 aromatic heterocycles. The molecule has 0 saturated heterocycles. The van der Waals surface area contributed by atoms with Crippen molar-refractivity contribution in [3.05, 3.63) is 106 Å². The quantitative estimate of drug-likeness (QED) is 0.113. The summed E-state index contributed by atoms with van der Waals surface area (Å²) in [6.45, 7) is 7.93. The molecule has 4 N–H and O–H groups in total. The maximum absolute atomic E-state index is 13.9. The van der Waals surface area contributed by atoms with Crippen LogP contribution in [0.3, 0.4) is 0 Å². The van der Waals surface area contributed by atoms with E-state index >= 15 is 0 Å². The molecule has 50 heavy (non-hydrogen) atoms. The van der Waals surface area contributed by atoms with Gasteiger partial charge in [-0.15, -0.1) is 11.3 Å². The molecule has 12 nitrogen and oxygen atoms in total. The maximum atomic E-state index is 13.9. The third-order valence-electron chi connectivity index (χ3n) is 8.13. The number of rotatable bonds is 17. The minimum atomic E-state index is -1.06. The van der Waals surface area contributed by atoms with Gasteiger partial charge in [0.1, 0.15) is 18.9 Å². The summed E-state index contributed by atoms with van der Waals surface area (Å²) in [6, 6.07) is 16.6. The zero-order chi connectivity index (χ0) is 36.0. The normalized spacial score (nSPS) is 13.7. The SMILES string of the molecule is CC(C)c1nc(CN(C)C(=O)NC(C(=O)N[C@@H](Cc2ccccc2)C[C@H](O)[C@H](Cc2ccccc2)NC(=O)OCc2cncs2)C(C)C)co1. The Kier molecular flexibility index (Phi) is 14.4. The smallest absolute Gasteiger partial charge is 0.407 e. The Morgan fingerprint density at radius 1 is 0.940 bits per heavy atom. The molecule has 4 atom stereocenters. The molecule has 4 rings (SSSR count). The van der Waals surface area contributed by atoms with Gasteiger partial charge in [-0.3, -0.25) is 9.78 Å². The summed E-state index contributed by atoms with van der Waals surface area (Å²) in [5.41, 5.74) is 4.15. The molecule has 2 aromatic carbocycles. The van der Waals surface area contributed by atoms with Crippen LogP contribution in [0, 0.1) is 5.92 Å². The number of thiazole rings is 1. The van der Waals surface area contributed by atoms with Crippen molar-refractivity contribution < 1.29 is 28.6 Å². The number of ether oxygens (including phenoxy) is 1. The number of amides is 4. The van der Waals surface area contributed by atoms with Crippen LogP contribution in [0.2, 0.25) is 0 Å². The number of aromatic nitrogens is 2. The molecule has 4 aromatic rings. The second-order valence-electron chi connectivity index (χ2n) is 13.0. The second kappa shape index (κ2) is 18.9. The van der Waals surface area contributed by atoms with Gasteiger partial charge in [-0.2, -0.15) is 0 Å². The minimum Gasteiger partial charge on any atom is -0.448 e. The number of aliphatic hydroxyl groups excluding tert-OH is 1. The van der Waals surface area contributed by atoms with Gasteiger partial charge in [0.05, 0.1) is 34.8 Å². The number of carbonyl (C=O) groups excluding carboxylic acids is 3. The van der Waals surface area contributed by atoms with Crippen molar-refractivity contribution in [2.75, 3.05) is 7.05 Å². The van der Waals surface area contributed by atoms with Crippen LogP contribution in [0.1, 0.15) is 67.6 Å². The summed E-state index contributed by atoms with van der Waals surface area (Å²) >= 11 is 1.38. The molecule has 0 spiro atoms. The topological polar surface area (TPSA) is 159 Å². The van der Waals surface area contributed by atoms with Crippen molar-refractivity contribution in [3.63, 3.8) is 0 Å². The van der Waals surface area contributed by atoms with Gasteiger partial charge in [0, 0.05) is 25.2 Å². The van der Waals surface area contributed by atoms with Gasteiger partial charge in [0.25, 0.3) is 0 Å². The van der Waals surface area contributed by atoms with Crippen molar-refractivity contribution in [2.24, 2.45) is 5.92 Å². The monoisotopic (exact) mass is 704 g/mol. The van der Waals surface area contributed by atoms with E-state index in [1.807, 2.05) is 88.4 Å². The molecule has 0 saturated carbocycles. The highest BCUT2D eigenvalue weighted by Crippen LogP contribution is 2.17. The Labute approximate surface area is 297 Å². The van der Waals surface area contributed by atoms with Gasteiger partial charge in [-0.05, 0) is 36.3 Å². The fourth-order valence-electron chi connectivity index (χ4n) is 5.39. The molecule has 13 heteroatoms. The first-order valence-electron chi connectivity index (χ1n) is 16.8. The molecule has 0 aliphatic carbocycles. The summed E-state index contributed by atoms with van der Waals surface area (Å²) in [5, 5.41) is 20.5. The largest absolute Gasteiger partial charge is 0.448 e. The molecular formula is C37H48N6O6S. The number of carbonyl (C=O) groups is 3. The molecule has 1 unspecified atom stereocenters. The average molecular weight is 705 g/mol. The standard InChI is InChI=1S/C37H48N6O6S/c1-24(2)33(42-36(46)43(5)20-29-21-48-35(40-29)25(3)4)34(45)39-28(16-26-12-8-6-9-13-26)18-32(44)31(17-27-14-10-7-11-15-27)41-37(47)49-22-30-19-38-23-50-30/h6-15,19,21,23-25,28,31-33,44H,16-18,20,22H2,1-5H3,(H,39,45)(H,41,47)(H,42,46)/t28-,31-,32-,33?/m0/s1. The molecule has 0 aliphatic rings. The molecule has 268 valence electrons. The first kappa shape index (κ1) is 38.1. The predicted octanol–water partition coefficient (Wildman–Crippen LogP) is 5.44. The first-order valence-corrected chi connectivity index (χ1v) is 17.7. The molecule has 0 fully saturated rings. The maximum Gasteiger partial charge on any atom is 0.407 e. The Hall–Kier alpha value is -4.75. The highest BCUT2D eigenvalue weighted by molar-refractivity contribution is 7.09. The van der Waals surface area contributed by atoms with E-state index in [0.29, 0.717) is 24.4 Å². The van der Waals surface area contributed by atoms with Crippen LogP contribution in [0.25, 0.3) is 0 Å². The lowest BCUT2D eigenvalue weighted by Crippen LogP contribution is -2.55. The van der Waals surface area contributed by atoms with E-state index < -0.39 is 36.4 Å². The van der Waals surface area contributed by atoms with Gasteiger partial charge < -0.3 is 35.1 Å². The third kappa shape index (κ3) is 12.0. The van der Waals surface area contributed by atoms with Crippen LogP contribution < -0.4 is 16.0 Å². The van der Waals surface area contributed by atoms with E-state index in [4.69, 9.17) is 9.15 Å². The summed E-state index contributed by atoms with van der Waals surface area (Å²) in [5.74, 6) is 0.0885. The zero-order valence-corrected chi connectivity index (χ0v) is 30.1. The zero-order valence-electron chi connectivity index (χ0n) is 29.2. The molecular weight excluding hydrogens is 657 g/mol. The van der Waals surface area contributed by atoms with E-state index in [1.165, 1.54) is 22.5 Å². The molecule has 0 bridgehead atoms. The Bertz CT molecular complexity index is 1620. The third-order valence-corrected chi connectivity index (χ3v) is 8.88. The Balaban J connectivity index is 1.46. The van der Waals surface area contributed by atoms with Crippen LogP contribution >= 0.6 is 11.3 Å². The number of aliphatic hydroxyl groups is 1. The van der Waals surface area contributed by atoms with Crippen LogP contribution in [-0.4, -0.2) is 69.3 Å². The minimum absolute atomic E-state index is 0.0619. The van der Waals surface area contributed by atoms with Crippen molar-refractivity contribution in [3.8, 4) is 0 Å². The van der Waals surface area contributed by atoms with Crippen LogP contribution in [0.5, 0.6) is 0 Å². The summed E-state index contributed by atoms with van der Waals surface area (Å²) in [7, 11) is 1.63. The first-order chi connectivity index (χ1) is 24.0. The number of nitrogens with one attached hydrogen (secondary N) is 3. The van der Waals surface area contributed by atoms with E-state index in [2.05, 4.69) is 25.9 Å². The van der Waals surface area contributed by atoms with E-state index in [9.17, 15) is 19.5 Å². The number of hydrogen-bond acceptors (Lipinski definition) is 9. The van der Waals surface area contributed by atoms with Gasteiger partial charge in [0.2, 0.25) is 5.91 Å². The Morgan fingerprint density at radius 2 is 1.60 bits per heavy atom. The fourth-order valence-corrected chi connectivity index (χ4v) is 5.89. The number of urea groups is 1. The van der Waals surface area contributed by atoms with Gasteiger partial charge in [-0.1, -0.05) is 88.4 Å².